The molecule has 0 bridgehead atoms. The number of nitrogens with zero attached hydrogens (tertiary/aromatic N) is 2. The molecular weight excluding hydrogens is 382 g/mol. The Bertz CT molecular complexity index is 995. The van der Waals surface area contributed by atoms with Crippen LogP contribution in [0.4, 0.5) is 17.6 Å². The van der Waals surface area contributed by atoms with Crippen LogP contribution >= 0.6 is 11.6 Å². The van der Waals surface area contributed by atoms with Crippen LogP contribution in [0.5, 0.6) is 0 Å². The summed E-state index contributed by atoms with van der Waals surface area (Å²) in [5.41, 5.74) is -4.28. The molecule has 1 unspecified atom stereocenters. The maximum atomic E-state index is 14.3. The Morgan fingerprint density at radius 2 is 2.00 bits per heavy atom. The van der Waals surface area contributed by atoms with Gasteiger partial charge in [0, 0.05) is 18.1 Å². The molecule has 26 heavy (non-hydrogen) atoms. The average Bonchev–Trinajstić information content (AvgIpc) is 2.93. The molecule has 1 aliphatic heterocycles. The molecule has 0 saturated carbocycles. The predicted octanol–water partition coefficient (Wildman–Crippen LogP) is 2.85. The minimum atomic E-state index is -4.92. The Hall–Kier alpha value is -2.62. The van der Waals surface area contributed by atoms with Gasteiger partial charge in [0.25, 0.3) is 5.56 Å². The Kier molecular flexibility index (Phi) is 4.39. The van der Waals surface area contributed by atoms with Crippen LogP contribution in [-0.4, -0.2) is 21.4 Å². The highest BCUT2D eigenvalue weighted by Gasteiger charge is 2.33. The van der Waals surface area contributed by atoms with Crippen molar-refractivity contribution < 1.29 is 22.4 Å². The lowest BCUT2D eigenvalue weighted by Gasteiger charge is -2.12. The number of oxime groups is 1. The van der Waals surface area contributed by atoms with Crippen LogP contribution in [-0.2, 0) is 11.0 Å². The molecule has 0 fully saturated rings. The standard InChI is InChI=1S/C15H10ClF4N3O3/c1-6-2-10(22-26-6)7-3-11(9(17)4-8(7)16)23-13(24)5-12(15(18,19)20)21-14(23)25/h3-6H,2H2,1H3,(H,21,25). The molecule has 3 rings (SSSR count). The molecule has 1 aromatic carbocycles. The molecule has 0 spiro atoms. The van der Waals surface area contributed by atoms with Crippen LogP contribution in [0.2, 0.25) is 5.02 Å². The van der Waals surface area contributed by atoms with Crippen molar-refractivity contribution >= 4 is 17.3 Å². The fourth-order valence-electron chi connectivity index (χ4n) is 2.47. The van der Waals surface area contributed by atoms with Gasteiger partial charge in [0.15, 0.2) is 0 Å². The Morgan fingerprint density at radius 3 is 2.54 bits per heavy atom. The van der Waals surface area contributed by atoms with Gasteiger partial charge in [-0.1, -0.05) is 16.8 Å². The number of benzene rings is 1. The van der Waals surface area contributed by atoms with Gasteiger partial charge in [0.05, 0.1) is 16.4 Å². The normalized spacial score (nSPS) is 17.2. The Labute approximate surface area is 147 Å². The molecule has 138 valence electrons. The molecule has 6 nitrogen and oxygen atoms in total. The van der Waals surface area contributed by atoms with Crippen molar-refractivity contribution in [3.05, 3.63) is 61.1 Å². The summed E-state index contributed by atoms with van der Waals surface area (Å²) in [7, 11) is 0. The van der Waals surface area contributed by atoms with E-state index in [1.165, 1.54) is 4.98 Å². The van der Waals surface area contributed by atoms with Gasteiger partial charge in [-0.3, -0.25) is 4.79 Å². The second-order valence-electron chi connectivity index (χ2n) is 5.60. The smallest absolute Gasteiger partial charge is 0.392 e. The van der Waals surface area contributed by atoms with Crippen LogP contribution < -0.4 is 11.2 Å². The second-order valence-corrected chi connectivity index (χ2v) is 6.01. The lowest BCUT2D eigenvalue weighted by atomic mass is 10.0. The SMILES string of the molecule is CC1CC(c2cc(-n3c(=O)cc(C(F)(F)F)[nH]c3=O)c(F)cc2Cl)=NO1. The van der Waals surface area contributed by atoms with E-state index in [0.717, 1.165) is 12.1 Å². The van der Waals surface area contributed by atoms with Crippen molar-refractivity contribution in [2.75, 3.05) is 0 Å². The molecule has 11 heteroatoms. The Balaban J connectivity index is 2.19. The molecular formula is C15H10ClF4N3O3. The first kappa shape index (κ1) is 18.2. The molecule has 0 aliphatic carbocycles. The summed E-state index contributed by atoms with van der Waals surface area (Å²) in [6.45, 7) is 1.74. The van der Waals surface area contributed by atoms with Gasteiger partial charge in [0.1, 0.15) is 17.6 Å². The number of rotatable bonds is 2. The third kappa shape index (κ3) is 3.24. The van der Waals surface area contributed by atoms with Crippen LogP contribution in [0, 0.1) is 5.82 Å². The van der Waals surface area contributed by atoms with Crippen LogP contribution in [0.25, 0.3) is 5.69 Å². The van der Waals surface area contributed by atoms with Crippen LogP contribution in [0.3, 0.4) is 0 Å². The monoisotopic (exact) mass is 391 g/mol. The lowest BCUT2D eigenvalue weighted by molar-refractivity contribution is -0.141. The summed E-state index contributed by atoms with van der Waals surface area (Å²) in [6.07, 6.45) is -4.82. The highest BCUT2D eigenvalue weighted by Crippen LogP contribution is 2.28. The summed E-state index contributed by atoms with van der Waals surface area (Å²) in [4.78, 5) is 30.5. The van der Waals surface area contributed by atoms with Gasteiger partial charge in [-0.25, -0.2) is 13.8 Å². The minimum Gasteiger partial charge on any atom is -0.392 e. The van der Waals surface area contributed by atoms with Gasteiger partial charge in [0.2, 0.25) is 0 Å². The zero-order valence-corrected chi connectivity index (χ0v) is 13.8. The number of halogens is 5. The van der Waals surface area contributed by atoms with Crippen LogP contribution in [0.15, 0.2) is 32.9 Å². The van der Waals surface area contributed by atoms with E-state index in [-0.39, 0.29) is 27.3 Å². The minimum absolute atomic E-state index is 0.0425. The van der Waals surface area contributed by atoms with E-state index in [2.05, 4.69) is 5.16 Å². The van der Waals surface area contributed by atoms with Crippen LogP contribution in [0.1, 0.15) is 24.6 Å². The highest BCUT2D eigenvalue weighted by atomic mass is 35.5. The van der Waals surface area contributed by atoms with Crippen molar-refractivity contribution in [3.63, 3.8) is 0 Å². The summed E-state index contributed by atoms with van der Waals surface area (Å²) in [6, 6.07) is 2.09. The second kappa shape index (κ2) is 6.27. The molecule has 1 aromatic heterocycles. The fraction of sp³-hybridized carbons (Fsp3) is 0.267. The summed E-state index contributed by atoms with van der Waals surface area (Å²) in [5, 5.41) is 3.75. The summed E-state index contributed by atoms with van der Waals surface area (Å²) < 4.78 is 52.6. The van der Waals surface area contributed by atoms with Gasteiger partial charge in [-0.2, -0.15) is 13.2 Å². The van der Waals surface area contributed by atoms with Gasteiger partial charge in [-0.15, -0.1) is 0 Å². The van der Waals surface area contributed by atoms with E-state index >= 15 is 0 Å². The van der Waals surface area contributed by atoms with E-state index in [9.17, 15) is 27.2 Å². The predicted molar refractivity (Wildman–Crippen MR) is 84.3 cm³/mol. The van der Waals surface area contributed by atoms with E-state index in [4.69, 9.17) is 16.4 Å². The molecule has 2 aromatic rings. The quantitative estimate of drug-likeness (QED) is 0.800. The molecule has 0 amide bonds. The number of nitrogens with one attached hydrogen (secondary N) is 1. The van der Waals surface area contributed by atoms with Crippen molar-refractivity contribution in [2.45, 2.75) is 25.6 Å². The number of aromatic amines is 1. The molecule has 0 radical (unpaired) electrons. The third-order valence-corrected chi connectivity index (χ3v) is 3.96. The van der Waals surface area contributed by atoms with Crippen molar-refractivity contribution in [2.24, 2.45) is 5.16 Å². The summed E-state index contributed by atoms with van der Waals surface area (Å²) in [5.74, 6) is -1.06. The van der Waals surface area contributed by atoms with Gasteiger partial charge in [-0.05, 0) is 19.1 Å². The summed E-state index contributed by atoms with van der Waals surface area (Å²) >= 11 is 5.98. The molecule has 2 heterocycles. The number of hydrogen-bond acceptors (Lipinski definition) is 4. The zero-order chi connectivity index (χ0) is 19.2. The zero-order valence-electron chi connectivity index (χ0n) is 13.0. The molecule has 0 saturated heterocycles. The highest BCUT2D eigenvalue weighted by molar-refractivity contribution is 6.34. The number of aromatic nitrogens is 2. The fourth-order valence-corrected chi connectivity index (χ4v) is 2.73. The van der Waals surface area contributed by atoms with Crippen molar-refractivity contribution in [1.29, 1.82) is 0 Å². The third-order valence-electron chi connectivity index (χ3n) is 3.65. The maximum absolute atomic E-state index is 14.3. The average molecular weight is 392 g/mol. The topological polar surface area (TPSA) is 76.5 Å². The first-order valence-electron chi connectivity index (χ1n) is 7.24. The molecule has 1 aliphatic rings. The lowest BCUT2D eigenvalue weighted by Crippen LogP contribution is -2.36. The number of alkyl halides is 3. The first-order chi connectivity index (χ1) is 12.1. The first-order valence-corrected chi connectivity index (χ1v) is 7.62. The van der Waals surface area contributed by atoms with Crippen molar-refractivity contribution in [1.82, 2.24) is 9.55 Å². The van der Waals surface area contributed by atoms with Crippen molar-refractivity contribution in [3.8, 4) is 5.69 Å². The van der Waals surface area contributed by atoms with Gasteiger partial charge < -0.3 is 9.82 Å². The number of H-pyrrole nitrogens is 1. The molecule has 1 atom stereocenters. The van der Waals surface area contributed by atoms with Gasteiger partial charge >= 0.3 is 11.9 Å². The van der Waals surface area contributed by atoms with E-state index < -0.39 is 34.6 Å². The van der Waals surface area contributed by atoms with E-state index in [0.29, 0.717) is 12.1 Å². The Morgan fingerprint density at radius 1 is 1.31 bits per heavy atom. The number of hydrogen-bond donors (Lipinski definition) is 1. The maximum Gasteiger partial charge on any atom is 0.431 e. The van der Waals surface area contributed by atoms with E-state index in [1.54, 1.807) is 6.92 Å². The van der Waals surface area contributed by atoms with E-state index in [1.807, 2.05) is 0 Å². The largest absolute Gasteiger partial charge is 0.431 e. The molecule has 1 N–H and O–H groups in total.